The summed E-state index contributed by atoms with van der Waals surface area (Å²) in [5, 5.41) is 2.68. The van der Waals surface area contributed by atoms with Crippen LogP contribution in [0.15, 0.2) is 12.5 Å². The molecule has 1 aromatic heterocycles. The van der Waals surface area contributed by atoms with Crippen LogP contribution in [-0.2, 0) is 4.79 Å². The predicted octanol–water partition coefficient (Wildman–Crippen LogP) is -0.135. The summed E-state index contributed by atoms with van der Waals surface area (Å²) in [6.07, 6.45) is 3.06. The third kappa shape index (κ3) is 0.990. The number of likely N-dealkylation sites (N-methyl/N-ethyl adjacent to an activating group) is 1. The fraction of sp³-hybridized carbons (Fsp3) is 0.286. The van der Waals surface area contributed by atoms with Gasteiger partial charge in [0.1, 0.15) is 12.0 Å². The van der Waals surface area contributed by atoms with Crippen molar-refractivity contribution in [2.45, 2.75) is 0 Å². The highest BCUT2D eigenvalue weighted by atomic mass is 16.2. The molecule has 0 saturated heterocycles. The number of aromatic nitrogens is 2. The minimum absolute atomic E-state index is 0.0280. The molecule has 0 unspecified atom stereocenters. The second kappa shape index (κ2) is 2.44. The second-order valence-corrected chi connectivity index (χ2v) is 2.66. The number of carbonyl (C=O) groups excluding carboxylic acids is 1. The van der Waals surface area contributed by atoms with E-state index in [1.165, 1.54) is 6.33 Å². The first-order valence-corrected chi connectivity index (χ1v) is 3.58. The van der Waals surface area contributed by atoms with Gasteiger partial charge in [0.15, 0.2) is 5.82 Å². The average Bonchev–Trinajstić information content (AvgIpc) is 2.04. The maximum absolute atomic E-state index is 11.0. The molecule has 0 aromatic carbocycles. The van der Waals surface area contributed by atoms with E-state index >= 15 is 0 Å². The molecule has 1 N–H and O–H groups in total. The molecule has 1 amide bonds. The van der Waals surface area contributed by atoms with Crippen molar-refractivity contribution in [3.63, 3.8) is 0 Å². The number of nitrogens with zero attached hydrogens (tertiary/aromatic N) is 3. The number of anilines is 2. The Bertz CT molecular complexity index is 325. The van der Waals surface area contributed by atoms with Gasteiger partial charge in [0.2, 0.25) is 5.91 Å². The van der Waals surface area contributed by atoms with Crippen molar-refractivity contribution in [1.82, 2.24) is 9.97 Å². The van der Waals surface area contributed by atoms with Crippen molar-refractivity contribution >= 4 is 17.4 Å². The van der Waals surface area contributed by atoms with E-state index in [9.17, 15) is 4.79 Å². The van der Waals surface area contributed by atoms with Crippen molar-refractivity contribution in [3.05, 3.63) is 12.5 Å². The number of carbonyl (C=O) groups is 1. The molecule has 0 radical (unpaired) electrons. The Morgan fingerprint density at radius 2 is 2.50 bits per heavy atom. The zero-order valence-corrected chi connectivity index (χ0v) is 6.61. The molecule has 0 bridgehead atoms. The number of amides is 1. The van der Waals surface area contributed by atoms with Crippen molar-refractivity contribution in [2.75, 3.05) is 23.8 Å². The Balaban J connectivity index is 2.47. The van der Waals surface area contributed by atoms with Gasteiger partial charge in [0.25, 0.3) is 0 Å². The van der Waals surface area contributed by atoms with Gasteiger partial charge in [-0.1, -0.05) is 0 Å². The SMILES string of the molecule is CN1CC(=O)Nc2cncnc21. The molecule has 1 aromatic rings. The standard InChI is InChI=1S/C7H8N4O/c1-11-3-6(12)10-5-2-8-4-9-7(5)11/h2,4H,3H2,1H3,(H,10,12). The Hall–Kier alpha value is -1.65. The lowest BCUT2D eigenvalue weighted by molar-refractivity contribution is -0.115. The van der Waals surface area contributed by atoms with Crippen molar-refractivity contribution in [1.29, 1.82) is 0 Å². The third-order valence-corrected chi connectivity index (χ3v) is 1.71. The lowest BCUT2D eigenvalue weighted by atomic mass is 10.3. The van der Waals surface area contributed by atoms with Crippen LogP contribution in [0.5, 0.6) is 0 Å². The molecule has 0 atom stereocenters. The van der Waals surface area contributed by atoms with E-state index in [1.807, 2.05) is 7.05 Å². The van der Waals surface area contributed by atoms with Crippen LogP contribution in [-0.4, -0.2) is 29.5 Å². The zero-order valence-electron chi connectivity index (χ0n) is 6.61. The second-order valence-electron chi connectivity index (χ2n) is 2.66. The summed E-state index contributed by atoms with van der Waals surface area (Å²) in [7, 11) is 1.82. The van der Waals surface area contributed by atoms with Gasteiger partial charge in [0, 0.05) is 7.05 Å². The van der Waals surface area contributed by atoms with Crippen LogP contribution in [0.25, 0.3) is 0 Å². The largest absolute Gasteiger partial charge is 0.349 e. The van der Waals surface area contributed by atoms with Crippen molar-refractivity contribution < 1.29 is 4.79 Å². The molecule has 0 spiro atoms. The summed E-state index contributed by atoms with van der Waals surface area (Å²) in [6.45, 7) is 0.351. The van der Waals surface area contributed by atoms with Crippen LogP contribution in [0.4, 0.5) is 11.5 Å². The van der Waals surface area contributed by atoms with Gasteiger partial charge in [-0.15, -0.1) is 0 Å². The molecule has 62 valence electrons. The topological polar surface area (TPSA) is 58.1 Å². The summed E-state index contributed by atoms with van der Waals surface area (Å²) < 4.78 is 0. The molecular weight excluding hydrogens is 156 g/mol. The smallest absolute Gasteiger partial charge is 0.244 e. The van der Waals surface area contributed by atoms with Gasteiger partial charge in [-0.25, -0.2) is 9.97 Å². The monoisotopic (exact) mass is 164 g/mol. The van der Waals surface area contributed by atoms with Crippen LogP contribution in [0.3, 0.4) is 0 Å². The highest BCUT2D eigenvalue weighted by Crippen LogP contribution is 2.23. The van der Waals surface area contributed by atoms with Gasteiger partial charge >= 0.3 is 0 Å². The molecule has 5 heteroatoms. The van der Waals surface area contributed by atoms with Crippen molar-refractivity contribution in [2.24, 2.45) is 0 Å². The zero-order chi connectivity index (χ0) is 8.55. The number of fused-ring (bicyclic) bond motifs is 1. The van der Waals surface area contributed by atoms with Crippen LogP contribution in [0.2, 0.25) is 0 Å². The third-order valence-electron chi connectivity index (χ3n) is 1.71. The highest BCUT2D eigenvalue weighted by molar-refractivity contribution is 5.99. The molecule has 2 rings (SSSR count). The lowest BCUT2D eigenvalue weighted by Gasteiger charge is -2.24. The fourth-order valence-corrected chi connectivity index (χ4v) is 1.20. The number of nitrogens with one attached hydrogen (secondary N) is 1. The Labute approximate surface area is 69.4 Å². The highest BCUT2D eigenvalue weighted by Gasteiger charge is 2.19. The minimum Gasteiger partial charge on any atom is -0.349 e. The molecule has 1 aliphatic heterocycles. The normalized spacial score (nSPS) is 15.4. The van der Waals surface area contributed by atoms with Gasteiger partial charge < -0.3 is 10.2 Å². The number of rotatable bonds is 0. The Morgan fingerprint density at radius 3 is 3.33 bits per heavy atom. The minimum atomic E-state index is -0.0280. The first-order chi connectivity index (χ1) is 5.77. The first kappa shape index (κ1) is 7.02. The van der Waals surface area contributed by atoms with Crippen LogP contribution >= 0.6 is 0 Å². The van der Waals surface area contributed by atoms with E-state index in [-0.39, 0.29) is 5.91 Å². The van der Waals surface area contributed by atoms with E-state index < -0.39 is 0 Å². The maximum Gasteiger partial charge on any atom is 0.244 e. The van der Waals surface area contributed by atoms with Gasteiger partial charge in [0.05, 0.1) is 12.7 Å². The maximum atomic E-state index is 11.0. The van der Waals surface area contributed by atoms with Crippen LogP contribution < -0.4 is 10.2 Å². The van der Waals surface area contributed by atoms with E-state index in [2.05, 4.69) is 15.3 Å². The Kier molecular flexibility index (Phi) is 1.43. The summed E-state index contributed by atoms with van der Waals surface area (Å²) in [6, 6.07) is 0. The Morgan fingerprint density at radius 1 is 1.67 bits per heavy atom. The van der Waals surface area contributed by atoms with Gasteiger partial charge in [-0.3, -0.25) is 4.79 Å². The summed E-state index contributed by atoms with van der Waals surface area (Å²) >= 11 is 0. The predicted molar refractivity (Wildman–Crippen MR) is 43.9 cm³/mol. The molecule has 5 nitrogen and oxygen atoms in total. The van der Waals surface area contributed by atoms with Crippen LogP contribution in [0.1, 0.15) is 0 Å². The van der Waals surface area contributed by atoms with Crippen molar-refractivity contribution in [3.8, 4) is 0 Å². The van der Waals surface area contributed by atoms with E-state index in [4.69, 9.17) is 0 Å². The van der Waals surface area contributed by atoms with Gasteiger partial charge in [-0.05, 0) is 0 Å². The average molecular weight is 164 g/mol. The van der Waals surface area contributed by atoms with E-state index in [1.54, 1.807) is 11.1 Å². The number of hydrogen-bond donors (Lipinski definition) is 1. The molecular formula is C7H8N4O. The molecule has 0 saturated carbocycles. The molecule has 1 aliphatic rings. The molecule has 12 heavy (non-hydrogen) atoms. The van der Waals surface area contributed by atoms with E-state index in [0.29, 0.717) is 12.2 Å². The summed E-state index contributed by atoms with van der Waals surface area (Å²) in [5.41, 5.74) is 0.677. The fourth-order valence-electron chi connectivity index (χ4n) is 1.20. The first-order valence-electron chi connectivity index (χ1n) is 3.58. The number of hydrogen-bond acceptors (Lipinski definition) is 4. The van der Waals surface area contributed by atoms with Gasteiger partial charge in [-0.2, -0.15) is 0 Å². The quantitative estimate of drug-likeness (QED) is 0.580. The lowest BCUT2D eigenvalue weighted by Crippen LogP contribution is -2.36. The molecule has 0 aliphatic carbocycles. The summed E-state index contributed by atoms with van der Waals surface area (Å²) in [4.78, 5) is 20.7. The summed E-state index contributed by atoms with van der Waals surface area (Å²) in [5.74, 6) is 0.740. The molecule has 2 heterocycles. The van der Waals surface area contributed by atoms with Crippen LogP contribution in [0, 0.1) is 0 Å². The van der Waals surface area contributed by atoms with E-state index in [0.717, 1.165) is 5.82 Å². The molecule has 0 fully saturated rings.